The number of phenolic OH excluding ortho intramolecular Hbond substituents is 1. The predicted molar refractivity (Wildman–Crippen MR) is 140 cm³/mol. The van der Waals surface area contributed by atoms with Gasteiger partial charge in [-0.2, -0.15) is 0 Å². The fraction of sp³-hybridized carbons (Fsp3) is 0.179. The van der Waals surface area contributed by atoms with Crippen LogP contribution in [-0.2, 0) is 9.59 Å². The van der Waals surface area contributed by atoms with Crippen LogP contribution in [-0.4, -0.2) is 33.5 Å². The van der Waals surface area contributed by atoms with Crippen molar-refractivity contribution in [2.24, 2.45) is 0 Å². The number of phenols is 1. The van der Waals surface area contributed by atoms with Crippen LogP contribution in [0.2, 0.25) is 0 Å². The van der Waals surface area contributed by atoms with Crippen LogP contribution in [0.1, 0.15) is 35.2 Å². The molecule has 0 saturated carbocycles. The minimum Gasteiger partial charge on any atom is -0.508 e. The van der Waals surface area contributed by atoms with Gasteiger partial charge in [-0.3, -0.25) is 14.5 Å². The number of aliphatic hydroxyl groups is 1. The first-order valence-electron chi connectivity index (χ1n) is 11.5. The average Bonchev–Trinajstić information content (AvgIpc) is 3.37. The lowest BCUT2D eigenvalue weighted by molar-refractivity contribution is -0.132. The molecule has 5 rings (SSSR count). The summed E-state index contributed by atoms with van der Waals surface area (Å²) in [7, 11) is 0. The highest BCUT2D eigenvalue weighted by Crippen LogP contribution is 2.44. The standard InChI is InChI=1S/C28H24N2O5S/c1-4-35-20-11-7-18(8-12-20)25(32)23-24(17-5-9-19(31)10-6-17)30(27(34)26(23)33)28-29-21-13-15(2)16(3)14-22(21)36-28/h5-14,24,31-32H,4H2,1-3H3/b25-23+. The topological polar surface area (TPSA) is 100.0 Å². The van der Waals surface area contributed by atoms with E-state index in [4.69, 9.17) is 4.74 Å². The Morgan fingerprint density at radius 3 is 2.36 bits per heavy atom. The zero-order chi connectivity index (χ0) is 25.6. The van der Waals surface area contributed by atoms with E-state index in [-0.39, 0.29) is 17.1 Å². The summed E-state index contributed by atoms with van der Waals surface area (Å²) in [6.45, 7) is 6.37. The van der Waals surface area contributed by atoms with Gasteiger partial charge in [-0.25, -0.2) is 4.98 Å². The fourth-order valence-electron chi connectivity index (χ4n) is 4.30. The van der Waals surface area contributed by atoms with Crippen molar-refractivity contribution in [3.05, 3.63) is 88.5 Å². The summed E-state index contributed by atoms with van der Waals surface area (Å²) in [5.74, 6) is -1.18. The van der Waals surface area contributed by atoms with Gasteiger partial charge in [0, 0.05) is 5.56 Å². The maximum absolute atomic E-state index is 13.4. The van der Waals surface area contributed by atoms with Gasteiger partial charge in [0.25, 0.3) is 5.78 Å². The SMILES string of the molecule is CCOc1ccc(/C(O)=C2\C(=O)C(=O)N(c3nc4cc(C)c(C)cc4s3)C2c2ccc(O)cc2)cc1. The van der Waals surface area contributed by atoms with Crippen LogP contribution < -0.4 is 9.64 Å². The molecule has 3 aromatic carbocycles. The summed E-state index contributed by atoms with van der Waals surface area (Å²) in [6.07, 6.45) is 0. The Hall–Kier alpha value is -4.17. The Morgan fingerprint density at radius 2 is 1.69 bits per heavy atom. The lowest BCUT2D eigenvalue weighted by atomic mass is 9.95. The Morgan fingerprint density at radius 1 is 1.03 bits per heavy atom. The molecule has 4 aromatic rings. The smallest absolute Gasteiger partial charge is 0.301 e. The number of aromatic nitrogens is 1. The first kappa shape index (κ1) is 23.6. The second-order valence-corrected chi connectivity index (χ2v) is 9.63. The van der Waals surface area contributed by atoms with Crippen molar-refractivity contribution < 1.29 is 24.5 Å². The van der Waals surface area contributed by atoms with E-state index in [1.165, 1.54) is 28.4 Å². The molecule has 1 unspecified atom stereocenters. The van der Waals surface area contributed by atoms with Gasteiger partial charge in [0.05, 0.1) is 28.4 Å². The molecule has 2 N–H and O–H groups in total. The number of aryl methyl sites for hydroxylation is 2. The number of ketones is 1. The maximum Gasteiger partial charge on any atom is 0.301 e. The lowest BCUT2D eigenvalue weighted by Gasteiger charge is -2.23. The van der Waals surface area contributed by atoms with Gasteiger partial charge in [0.2, 0.25) is 0 Å². The predicted octanol–water partition coefficient (Wildman–Crippen LogP) is 5.64. The van der Waals surface area contributed by atoms with Crippen LogP contribution in [0, 0.1) is 13.8 Å². The number of carbonyl (C=O) groups excluding carboxylic acids is 2. The molecule has 0 aliphatic carbocycles. The molecule has 0 radical (unpaired) electrons. The highest BCUT2D eigenvalue weighted by molar-refractivity contribution is 7.22. The number of amides is 1. The molecule has 1 aliphatic heterocycles. The van der Waals surface area contributed by atoms with Crippen LogP contribution in [0.3, 0.4) is 0 Å². The van der Waals surface area contributed by atoms with Crippen molar-refractivity contribution in [3.63, 3.8) is 0 Å². The molecule has 8 heteroatoms. The van der Waals surface area contributed by atoms with E-state index in [1.54, 1.807) is 36.4 Å². The second-order valence-electron chi connectivity index (χ2n) is 8.62. The molecule has 1 saturated heterocycles. The molecule has 7 nitrogen and oxygen atoms in total. The quantitative estimate of drug-likeness (QED) is 0.209. The molecule has 36 heavy (non-hydrogen) atoms. The van der Waals surface area contributed by atoms with Crippen LogP contribution in [0.4, 0.5) is 5.13 Å². The van der Waals surface area contributed by atoms with E-state index in [0.717, 1.165) is 21.3 Å². The Kier molecular flexibility index (Phi) is 5.97. The zero-order valence-corrected chi connectivity index (χ0v) is 20.8. The number of aromatic hydroxyl groups is 1. The van der Waals surface area contributed by atoms with Gasteiger partial charge in [0.15, 0.2) is 5.13 Å². The number of benzene rings is 3. The number of hydrogen-bond donors (Lipinski definition) is 2. The Bertz CT molecular complexity index is 1480. The lowest BCUT2D eigenvalue weighted by Crippen LogP contribution is -2.29. The average molecular weight is 501 g/mol. The molecule has 1 aliphatic rings. The maximum atomic E-state index is 13.4. The molecular formula is C28H24N2O5S. The van der Waals surface area contributed by atoms with Crippen molar-refractivity contribution in [1.29, 1.82) is 0 Å². The fourth-order valence-corrected chi connectivity index (χ4v) is 5.38. The first-order chi connectivity index (χ1) is 17.3. The highest BCUT2D eigenvalue weighted by atomic mass is 32.1. The van der Waals surface area contributed by atoms with E-state index < -0.39 is 17.7 Å². The second kappa shape index (κ2) is 9.13. The van der Waals surface area contributed by atoms with Crippen LogP contribution in [0.5, 0.6) is 11.5 Å². The number of thiazole rings is 1. The van der Waals surface area contributed by atoms with Crippen LogP contribution in [0.15, 0.2) is 66.2 Å². The van der Waals surface area contributed by atoms with E-state index in [2.05, 4.69) is 4.98 Å². The number of ether oxygens (including phenoxy) is 1. The summed E-state index contributed by atoms with van der Waals surface area (Å²) < 4.78 is 6.36. The first-order valence-corrected chi connectivity index (χ1v) is 12.3. The van der Waals surface area contributed by atoms with Crippen LogP contribution >= 0.6 is 11.3 Å². The van der Waals surface area contributed by atoms with Gasteiger partial charge in [0.1, 0.15) is 17.3 Å². The number of rotatable bonds is 5. The molecule has 0 spiro atoms. The number of aliphatic hydroxyl groups excluding tert-OH is 1. The minimum atomic E-state index is -0.917. The van der Waals surface area contributed by atoms with Crippen molar-refractivity contribution in [2.75, 3.05) is 11.5 Å². The highest BCUT2D eigenvalue weighted by Gasteiger charge is 2.48. The molecule has 1 aromatic heterocycles. The molecule has 182 valence electrons. The van der Waals surface area contributed by atoms with E-state index >= 15 is 0 Å². The molecule has 2 heterocycles. The van der Waals surface area contributed by atoms with E-state index in [9.17, 15) is 19.8 Å². The molecule has 1 amide bonds. The summed E-state index contributed by atoms with van der Waals surface area (Å²) in [6, 6.07) is 16.0. The van der Waals surface area contributed by atoms with E-state index in [1.807, 2.05) is 32.9 Å². The van der Waals surface area contributed by atoms with Crippen molar-refractivity contribution >= 4 is 44.1 Å². The monoisotopic (exact) mass is 500 g/mol. The summed E-state index contributed by atoms with van der Waals surface area (Å²) in [5.41, 5.74) is 3.82. The molecule has 1 fully saturated rings. The Labute approximate surface area is 211 Å². The number of fused-ring (bicyclic) bond motifs is 1. The van der Waals surface area contributed by atoms with Crippen molar-refractivity contribution in [1.82, 2.24) is 4.98 Å². The molecular weight excluding hydrogens is 476 g/mol. The molecule has 0 bridgehead atoms. The Balaban J connectivity index is 1.68. The van der Waals surface area contributed by atoms with Gasteiger partial charge in [-0.05, 0) is 86.0 Å². The normalized spacial score (nSPS) is 17.2. The van der Waals surface area contributed by atoms with Gasteiger partial charge < -0.3 is 14.9 Å². The van der Waals surface area contributed by atoms with Crippen molar-refractivity contribution in [2.45, 2.75) is 26.8 Å². The van der Waals surface area contributed by atoms with Crippen LogP contribution in [0.25, 0.3) is 16.0 Å². The summed E-state index contributed by atoms with van der Waals surface area (Å²) in [4.78, 5) is 32.7. The number of hydrogen-bond acceptors (Lipinski definition) is 7. The number of nitrogens with zero attached hydrogens (tertiary/aromatic N) is 2. The zero-order valence-electron chi connectivity index (χ0n) is 20.0. The van der Waals surface area contributed by atoms with Gasteiger partial charge in [-0.1, -0.05) is 23.5 Å². The third-order valence-corrected chi connectivity index (χ3v) is 7.31. The largest absolute Gasteiger partial charge is 0.508 e. The summed E-state index contributed by atoms with van der Waals surface area (Å²) in [5, 5.41) is 21.5. The number of Topliss-reactive ketones (excluding diaryl/α,β-unsaturated/α-hetero) is 1. The molecule has 1 atom stereocenters. The summed E-state index contributed by atoms with van der Waals surface area (Å²) >= 11 is 1.31. The van der Waals surface area contributed by atoms with E-state index in [0.29, 0.717) is 28.6 Å². The van der Waals surface area contributed by atoms with Crippen molar-refractivity contribution in [3.8, 4) is 11.5 Å². The number of carbonyl (C=O) groups is 2. The number of anilines is 1. The third kappa shape index (κ3) is 3.99. The van der Waals surface area contributed by atoms with Gasteiger partial charge >= 0.3 is 5.91 Å². The minimum absolute atomic E-state index is 0.0403. The van der Waals surface area contributed by atoms with Gasteiger partial charge in [-0.15, -0.1) is 0 Å². The third-order valence-electron chi connectivity index (χ3n) is 6.29.